The van der Waals surface area contributed by atoms with Crippen molar-refractivity contribution in [3.05, 3.63) is 87.8 Å². The zero-order valence-electron chi connectivity index (χ0n) is 19.9. The minimum absolute atomic E-state index is 0.113. The highest BCUT2D eigenvalue weighted by Gasteiger charge is 2.21. The lowest BCUT2D eigenvalue weighted by Gasteiger charge is -2.20. The average Bonchev–Trinajstić information content (AvgIpc) is 2.84. The summed E-state index contributed by atoms with van der Waals surface area (Å²) in [5.41, 5.74) is 1.81. The Bertz CT molecular complexity index is 1250. The first kappa shape index (κ1) is 25.4. The molecule has 3 aromatic rings. The summed E-state index contributed by atoms with van der Waals surface area (Å²) < 4.78 is 11.7. The second-order valence-corrected chi connectivity index (χ2v) is 7.89. The van der Waals surface area contributed by atoms with E-state index in [9.17, 15) is 19.5 Å². The maximum absolute atomic E-state index is 12.8. The van der Waals surface area contributed by atoms with Crippen LogP contribution in [0.2, 0.25) is 0 Å². The number of urea groups is 1. The van der Waals surface area contributed by atoms with E-state index in [-0.39, 0.29) is 24.5 Å². The predicted octanol–water partition coefficient (Wildman–Crippen LogP) is 3.51. The van der Waals surface area contributed by atoms with E-state index in [0.29, 0.717) is 12.0 Å². The number of rotatable bonds is 9. The lowest BCUT2D eigenvalue weighted by molar-refractivity contribution is -0.143. The van der Waals surface area contributed by atoms with Crippen molar-refractivity contribution in [2.75, 3.05) is 19.0 Å². The highest BCUT2D eigenvalue weighted by atomic mass is 16.5. The van der Waals surface area contributed by atoms with Gasteiger partial charge in [-0.05, 0) is 35.7 Å². The van der Waals surface area contributed by atoms with E-state index in [4.69, 9.17) is 9.47 Å². The molecular formula is C26H29N3O6. The van der Waals surface area contributed by atoms with Crippen molar-refractivity contribution in [3.8, 4) is 11.5 Å². The molecule has 184 valence electrons. The molecule has 1 aromatic heterocycles. The van der Waals surface area contributed by atoms with Crippen LogP contribution in [0.15, 0.2) is 65.6 Å². The highest BCUT2D eigenvalue weighted by Crippen LogP contribution is 2.25. The van der Waals surface area contributed by atoms with E-state index in [2.05, 4.69) is 10.6 Å². The Balaban J connectivity index is 1.85. The molecule has 0 aliphatic rings. The molecule has 1 atom stereocenters. The summed E-state index contributed by atoms with van der Waals surface area (Å²) in [5, 5.41) is 15.1. The zero-order valence-corrected chi connectivity index (χ0v) is 19.9. The highest BCUT2D eigenvalue weighted by molar-refractivity contribution is 5.91. The van der Waals surface area contributed by atoms with Gasteiger partial charge in [0.1, 0.15) is 11.5 Å². The van der Waals surface area contributed by atoms with Crippen LogP contribution in [0.5, 0.6) is 11.5 Å². The molecule has 9 heteroatoms. The van der Waals surface area contributed by atoms with Crippen molar-refractivity contribution in [3.63, 3.8) is 0 Å². The molecule has 2 aromatic carbocycles. The normalized spacial score (nSPS) is 11.4. The third kappa shape index (κ3) is 6.63. The fraction of sp³-hybridized carbons (Fsp3) is 0.269. The van der Waals surface area contributed by atoms with E-state index in [1.165, 1.54) is 23.9 Å². The Kier molecular flexibility index (Phi) is 8.50. The van der Waals surface area contributed by atoms with Gasteiger partial charge in [0.2, 0.25) is 0 Å². The number of esters is 1. The molecule has 9 nitrogen and oxygen atoms in total. The number of hydrogen-bond acceptors (Lipinski definition) is 6. The van der Waals surface area contributed by atoms with Gasteiger partial charge in [-0.25, -0.2) is 4.79 Å². The van der Waals surface area contributed by atoms with Crippen molar-refractivity contribution >= 4 is 17.7 Å². The predicted molar refractivity (Wildman–Crippen MR) is 132 cm³/mol. The minimum atomic E-state index is -0.743. The molecule has 1 heterocycles. The number of aromatic nitrogens is 1. The van der Waals surface area contributed by atoms with Crippen LogP contribution in [0.4, 0.5) is 10.5 Å². The molecular weight excluding hydrogens is 450 g/mol. The lowest BCUT2D eigenvalue weighted by atomic mass is 9.97. The number of nitrogens with one attached hydrogen (secondary N) is 2. The van der Waals surface area contributed by atoms with Gasteiger partial charge in [-0.3, -0.25) is 9.59 Å². The van der Waals surface area contributed by atoms with Crippen LogP contribution >= 0.6 is 0 Å². The first-order valence-electron chi connectivity index (χ1n) is 11.1. The summed E-state index contributed by atoms with van der Waals surface area (Å²) in [6.07, 6.45) is 1.86. The Morgan fingerprint density at radius 1 is 1.11 bits per heavy atom. The third-order valence-corrected chi connectivity index (χ3v) is 5.41. The number of pyridine rings is 1. The van der Waals surface area contributed by atoms with Crippen molar-refractivity contribution < 1.29 is 24.2 Å². The van der Waals surface area contributed by atoms with E-state index < -0.39 is 23.6 Å². The van der Waals surface area contributed by atoms with Gasteiger partial charge in [0.05, 0.1) is 26.2 Å². The van der Waals surface area contributed by atoms with E-state index in [1.807, 2.05) is 42.5 Å². The number of methoxy groups -OCH3 is 1. The van der Waals surface area contributed by atoms with Crippen molar-refractivity contribution in [1.29, 1.82) is 0 Å². The van der Waals surface area contributed by atoms with Crippen LogP contribution in [0, 0.1) is 0 Å². The van der Waals surface area contributed by atoms with E-state index in [0.717, 1.165) is 16.9 Å². The number of carbonyl (C=O) groups excluding carboxylic acids is 2. The fourth-order valence-electron chi connectivity index (χ4n) is 3.67. The van der Waals surface area contributed by atoms with E-state index >= 15 is 0 Å². The Hall–Kier alpha value is -4.27. The first-order chi connectivity index (χ1) is 16.8. The molecule has 0 unspecified atom stereocenters. The van der Waals surface area contributed by atoms with Gasteiger partial charge in [0.25, 0.3) is 5.56 Å². The number of benzene rings is 2. The molecule has 35 heavy (non-hydrogen) atoms. The van der Waals surface area contributed by atoms with Gasteiger partial charge in [-0.15, -0.1) is 0 Å². The van der Waals surface area contributed by atoms with Crippen LogP contribution in [0.1, 0.15) is 36.1 Å². The number of hydrogen-bond donors (Lipinski definition) is 3. The van der Waals surface area contributed by atoms with Gasteiger partial charge in [-0.2, -0.15) is 0 Å². The second-order valence-electron chi connectivity index (χ2n) is 7.89. The number of amides is 2. The van der Waals surface area contributed by atoms with Crippen molar-refractivity contribution in [1.82, 2.24) is 9.88 Å². The molecule has 0 radical (unpaired) electrons. The quantitative estimate of drug-likeness (QED) is 0.404. The Morgan fingerprint density at radius 3 is 2.63 bits per heavy atom. The van der Waals surface area contributed by atoms with Crippen LogP contribution < -0.4 is 20.9 Å². The largest absolute Gasteiger partial charge is 0.505 e. The van der Waals surface area contributed by atoms with Crippen LogP contribution in [0.25, 0.3) is 0 Å². The number of ether oxygens (including phenoxy) is 2. The monoisotopic (exact) mass is 479 g/mol. The van der Waals surface area contributed by atoms with Gasteiger partial charge < -0.3 is 29.8 Å². The average molecular weight is 480 g/mol. The van der Waals surface area contributed by atoms with Gasteiger partial charge in [0.15, 0.2) is 5.69 Å². The molecule has 0 bridgehead atoms. The van der Waals surface area contributed by atoms with Crippen molar-refractivity contribution in [2.24, 2.45) is 7.05 Å². The minimum Gasteiger partial charge on any atom is -0.505 e. The number of para-hydroxylation sites is 1. The summed E-state index contributed by atoms with van der Waals surface area (Å²) in [7, 11) is 3.12. The number of nitrogens with zero attached hydrogens (tertiary/aromatic N) is 1. The summed E-state index contributed by atoms with van der Waals surface area (Å²) in [5.74, 6) is -0.0712. The first-order valence-corrected chi connectivity index (χ1v) is 11.1. The summed E-state index contributed by atoms with van der Waals surface area (Å²) in [4.78, 5) is 37.3. The molecule has 3 N–H and O–H groups in total. The van der Waals surface area contributed by atoms with Gasteiger partial charge in [0, 0.05) is 19.7 Å². The second kappa shape index (κ2) is 11.7. The van der Waals surface area contributed by atoms with Crippen LogP contribution in [-0.4, -0.2) is 35.4 Å². The standard InChI is InChI=1S/C26H29N3O6/c1-4-35-23(31)16-20(27-26(33)28-24-21(30)12-13-29(2)25(24)32)18-10-7-8-17(14-18)15-19-9-5-6-11-22(19)34-3/h5-14,20,30H,4,15-16H2,1-3H3,(H2,27,28,33)/t20-/m0/s1. The molecule has 0 saturated heterocycles. The number of aryl methyl sites for hydroxylation is 1. The Labute approximate surface area is 203 Å². The summed E-state index contributed by atoms with van der Waals surface area (Å²) >= 11 is 0. The zero-order chi connectivity index (χ0) is 25.4. The van der Waals surface area contributed by atoms with Crippen molar-refractivity contribution in [2.45, 2.75) is 25.8 Å². The molecule has 0 aliphatic heterocycles. The third-order valence-electron chi connectivity index (χ3n) is 5.41. The van der Waals surface area contributed by atoms with E-state index in [1.54, 1.807) is 20.1 Å². The molecule has 0 saturated carbocycles. The number of carbonyl (C=O) groups is 2. The summed E-state index contributed by atoms with van der Waals surface area (Å²) in [6, 6.07) is 15.0. The molecule has 0 spiro atoms. The molecule has 2 amide bonds. The molecule has 3 rings (SSSR count). The topological polar surface area (TPSA) is 119 Å². The van der Waals surface area contributed by atoms with Crippen LogP contribution in [0.3, 0.4) is 0 Å². The SMILES string of the molecule is CCOC(=O)C[C@H](NC(=O)Nc1c(O)ccn(C)c1=O)c1cccc(Cc2ccccc2OC)c1. The maximum Gasteiger partial charge on any atom is 0.319 e. The summed E-state index contributed by atoms with van der Waals surface area (Å²) in [6.45, 7) is 1.91. The molecule has 0 fully saturated rings. The number of anilines is 1. The van der Waals surface area contributed by atoms with Gasteiger partial charge in [-0.1, -0.05) is 42.5 Å². The lowest BCUT2D eigenvalue weighted by Crippen LogP contribution is -2.36. The maximum atomic E-state index is 12.8. The Morgan fingerprint density at radius 2 is 1.89 bits per heavy atom. The smallest absolute Gasteiger partial charge is 0.319 e. The number of aromatic hydroxyl groups is 1. The van der Waals surface area contributed by atoms with Crippen LogP contribution in [-0.2, 0) is 23.0 Å². The molecule has 0 aliphatic carbocycles. The fourth-order valence-corrected chi connectivity index (χ4v) is 3.67. The van der Waals surface area contributed by atoms with Gasteiger partial charge >= 0.3 is 12.0 Å².